The van der Waals surface area contributed by atoms with Gasteiger partial charge in [-0.15, -0.1) is 0 Å². The number of aromatic hydroxyl groups is 1. The van der Waals surface area contributed by atoms with Crippen molar-refractivity contribution in [3.05, 3.63) is 52.8 Å². The molecule has 6 nitrogen and oxygen atoms in total. The number of phenolic OH excluding ortho intramolecular Hbond substituents is 1. The zero-order valence-corrected chi connectivity index (χ0v) is 16.7. The molecule has 0 bridgehead atoms. The van der Waals surface area contributed by atoms with E-state index in [1.54, 1.807) is 24.3 Å². The van der Waals surface area contributed by atoms with E-state index in [9.17, 15) is 9.90 Å². The van der Waals surface area contributed by atoms with Crippen LogP contribution < -0.4 is 14.2 Å². The molecule has 29 heavy (non-hydrogen) atoms. The second kappa shape index (κ2) is 8.17. The maximum absolute atomic E-state index is 12.7. The summed E-state index contributed by atoms with van der Waals surface area (Å²) in [4.78, 5) is 15.1. The molecule has 0 saturated carbocycles. The minimum absolute atomic E-state index is 0.207. The van der Waals surface area contributed by atoms with Gasteiger partial charge in [-0.3, -0.25) is 9.69 Å². The number of piperidine rings is 1. The quantitative estimate of drug-likeness (QED) is 0.772. The Kier molecular flexibility index (Phi) is 5.45. The van der Waals surface area contributed by atoms with E-state index in [-0.39, 0.29) is 17.3 Å². The number of ether oxygens (including phenoxy) is 3. The summed E-state index contributed by atoms with van der Waals surface area (Å²) >= 11 is 0. The van der Waals surface area contributed by atoms with Crippen molar-refractivity contribution in [1.82, 2.24) is 4.90 Å². The van der Waals surface area contributed by atoms with Crippen LogP contribution in [0.25, 0.3) is 6.08 Å². The molecule has 2 aromatic rings. The molecule has 0 aromatic heterocycles. The molecule has 152 valence electrons. The fraction of sp³-hybridized carbons (Fsp3) is 0.348. The summed E-state index contributed by atoms with van der Waals surface area (Å²) in [6.45, 7) is 2.88. The van der Waals surface area contributed by atoms with Gasteiger partial charge < -0.3 is 19.3 Å². The lowest BCUT2D eigenvalue weighted by Gasteiger charge is -2.26. The van der Waals surface area contributed by atoms with Crippen LogP contribution in [0.1, 0.15) is 40.7 Å². The van der Waals surface area contributed by atoms with E-state index < -0.39 is 0 Å². The largest absolute Gasteiger partial charge is 0.508 e. The molecule has 0 radical (unpaired) electrons. The number of ketones is 1. The molecule has 0 amide bonds. The topological polar surface area (TPSA) is 68.2 Å². The molecular formula is C23H25NO5. The molecule has 0 aliphatic carbocycles. The Morgan fingerprint density at radius 1 is 1.07 bits per heavy atom. The van der Waals surface area contributed by atoms with Crippen molar-refractivity contribution < 1.29 is 24.1 Å². The van der Waals surface area contributed by atoms with E-state index in [1.807, 2.05) is 12.1 Å². The number of methoxy groups -OCH3 is 2. The third-order valence-corrected chi connectivity index (χ3v) is 5.42. The van der Waals surface area contributed by atoms with Crippen molar-refractivity contribution in [3.8, 4) is 23.0 Å². The van der Waals surface area contributed by atoms with Crippen molar-refractivity contribution in [1.29, 1.82) is 0 Å². The Bertz CT molecular complexity index is 960. The predicted octanol–water partition coefficient (Wildman–Crippen LogP) is 4.01. The van der Waals surface area contributed by atoms with Crippen LogP contribution in [-0.2, 0) is 6.54 Å². The van der Waals surface area contributed by atoms with Gasteiger partial charge in [0.25, 0.3) is 0 Å². The molecule has 2 aliphatic rings. The van der Waals surface area contributed by atoms with Crippen LogP contribution in [0.5, 0.6) is 23.0 Å². The number of carbonyl (C=O) groups is 1. The summed E-state index contributed by atoms with van der Waals surface area (Å²) in [5.41, 5.74) is 2.03. The monoisotopic (exact) mass is 395 g/mol. The van der Waals surface area contributed by atoms with E-state index >= 15 is 0 Å². The summed E-state index contributed by atoms with van der Waals surface area (Å²) in [6.07, 6.45) is 5.34. The summed E-state index contributed by atoms with van der Waals surface area (Å²) in [7, 11) is 3.06. The molecule has 0 atom stereocenters. The van der Waals surface area contributed by atoms with Crippen molar-refractivity contribution >= 4 is 11.9 Å². The van der Waals surface area contributed by atoms with Gasteiger partial charge in [0.2, 0.25) is 5.78 Å². The van der Waals surface area contributed by atoms with Crippen molar-refractivity contribution in [3.63, 3.8) is 0 Å². The van der Waals surface area contributed by atoms with Gasteiger partial charge in [0.1, 0.15) is 11.5 Å². The predicted molar refractivity (Wildman–Crippen MR) is 110 cm³/mol. The molecule has 4 rings (SSSR count). The highest BCUT2D eigenvalue weighted by atomic mass is 16.5. The molecule has 2 aliphatic heterocycles. The van der Waals surface area contributed by atoms with Crippen molar-refractivity contribution in [2.75, 3.05) is 27.3 Å². The summed E-state index contributed by atoms with van der Waals surface area (Å²) in [5, 5.41) is 10.5. The van der Waals surface area contributed by atoms with E-state index in [0.29, 0.717) is 28.4 Å². The Morgan fingerprint density at radius 2 is 1.79 bits per heavy atom. The Balaban J connectivity index is 1.55. The molecule has 0 spiro atoms. The van der Waals surface area contributed by atoms with Crippen LogP contribution in [0.3, 0.4) is 0 Å². The normalized spacial score (nSPS) is 17.9. The number of likely N-dealkylation sites (tertiary alicyclic amines) is 1. The Hall–Kier alpha value is -2.99. The Labute approximate surface area is 170 Å². The van der Waals surface area contributed by atoms with Gasteiger partial charge in [-0.05, 0) is 49.7 Å². The van der Waals surface area contributed by atoms with Gasteiger partial charge in [0.15, 0.2) is 17.3 Å². The number of Topliss-reactive ketones (excluding diaryl/α,β-unsaturated/α-hetero) is 1. The van der Waals surface area contributed by atoms with E-state index in [4.69, 9.17) is 14.2 Å². The fourth-order valence-electron chi connectivity index (χ4n) is 3.83. The number of phenols is 1. The first-order valence-corrected chi connectivity index (χ1v) is 9.83. The lowest BCUT2D eigenvalue weighted by atomic mass is 10.1. The van der Waals surface area contributed by atoms with Gasteiger partial charge in [-0.25, -0.2) is 0 Å². The summed E-state index contributed by atoms with van der Waals surface area (Å²) in [5.74, 6) is 1.63. The first-order valence-electron chi connectivity index (χ1n) is 9.83. The van der Waals surface area contributed by atoms with Crippen LogP contribution in [0.15, 0.2) is 36.1 Å². The second-order valence-corrected chi connectivity index (χ2v) is 7.37. The third-order valence-electron chi connectivity index (χ3n) is 5.42. The zero-order chi connectivity index (χ0) is 20.4. The second-order valence-electron chi connectivity index (χ2n) is 7.37. The minimum Gasteiger partial charge on any atom is -0.508 e. The van der Waals surface area contributed by atoms with Crippen LogP contribution in [-0.4, -0.2) is 43.1 Å². The summed E-state index contributed by atoms with van der Waals surface area (Å²) < 4.78 is 16.3. The molecule has 2 aromatic carbocycles. The average molecular weight is 395 g/mol. The smallest absolute Gasteiger partial charge is 0.232 e. The van der Waals surface area contributed by atoms with Gasteiger partial charge in [0, 0.05) is 18.2 Å². The van der Waals surface area contributed by atoms with Crippen molar-refractivity contribution in [2.24, 2.45) is 0 Å². The van der Waals surface area contributed by atoms with Gasteiger partial charge in [-0.2, -0.15) is 0 Å². The van der Waals surface area contributed by atoms with Crippen LogP contribution in [0, 0.1) is 0 Å². The SMILES string of the molecule is COc1cc2c(cc1OC)C(=O)/C(=C/c1ccc(CN3CCCCC3)c(O)c1)O2. The molecule has 2 heterocycles. The van der Waals surface area contributed by atoms with E-state index in [1.165, 1.54) is 33.5 Å². The third kappa shape index (κ3) is 3.93. The maximum Gasteiger partial charge on any atom is 0.232 e. The molecule has 1 saturated heterocycles. The fourth-order valence-corrected chi connectivity index (χ4v) is 3.83. The molecule has 1 N–H and O–H groups in total. The Morgan fingerprint density at radius 3 is 2.48 bits per heavy atom. The van der Waals surface area contributed by atoms with Crippen LogP contribution in [0.4, 0.5) is 0 Å². The zero-order valence-electron chi connectivity index (χ0n) is 16.7. The van der Waals surface area contributed by atoms with Gasteiger partial charge in [-0.1, -0.05) is 18.6 Å². The number of hydrogen-bond donors (Lipinski definition) is 1. The van der Waals surface area contributed by atoms with Crippen LogP contribution in [0.2, 0.25) is 0 Å². The molecule has 1 fully saturated rings. The average Bonchev–Trinajstić information content (AvgIpc) is 3.04. The van der Waals surface area contributed by atoms with Gasteiger partial charge >= 0.3 is 0 Å². The molecule has 6 heteroatoms. The highest BCUT2D eigenvalue weighted by molar-refractivity contribution is 6.14. The van der Waals surface area contributed by atoms with Crippen LogP contribution >= 0.6 is 0 Å². The number of carbonyl (C=O) groups excluding carboxylic acids is 1. The number of hydrogen-bond acceptors (Lipinski definition) is 6. The highest BCUT2D eigenvalue weighted by Gasteiger charge is 2.29. The number of allylic oxidation sites excluding steroid dienone is 1. The van der Waals surface area contributed by atoms with E-state index in [2.05, 4.69) is 4.90 Å². The lowest BCUT2D eigenvalue weighted by Crippen LogP contribution is -2.29. The van der Waals surface area contributed by atoms with Crippen molar-refractivity contribution in [2.45, 2.75) is 25.8 Å². The van der Waals surface area contributed by atoms with Gasteiger partial charge in [0.05, 0.1) is 19.8 Å². The number of fused-ring (bicyclic) bond motifs is 1. The maximum atomic E-state index is 12.7. The number of benzene rings is 2. The van der Waals surface area contributed by atoms with E-state index in [0.717, 1.165) is 25.2 Å². The minimum atomic E-state index is -0.224. The first-order chi connectivity index (χ1) is 14.1. The first kappa shape index (κ1) is 19.3. The number of nitrogens with zero attached hydrogens (tertiary/aromatic N) is 1. The summed E-state index contributed by atoms with van der Waals surface area (Å²) in [6, 6.07) is 8.75. The molecular weight excluding hydrogens is 370 g/mol. The molecule has 0 unspecified atom stereocenters. The highest BCUT2D eigenvalue weighted by Crippen LogP contribution is 2.40. The number of rotatable bonds is 5. The standard InChI is InChI=1S/C23H25NO5/c1-27-20-12-17-19(13-21(20)28-2)29-22(23(17)26)11-15-6-7-16(18(25)10-15)14-24-8-4-3-5-9-24/h6-7,10-13,25H,3-5,8-9,14H2,1-2H3/b22-11-. The lowest BCUT2D eigenvalue weighted by molar-refractivity contribution is 0.101.